The Morgan fingerprint density at radius 2 is 1.81 bits per heavy atom. The Morgan fingerprint density at radius 3 is 2.53 bits per heavy atom. The molecule has 2 aromatic carbocycles. The van der Waals surface area contributed by atoms with Crippen molar-refractivity contribution in [1.82, 2.24) is 0 Å². The number of carbonyl (C=O) groups is 3. The van der Waals surface area contributed by atoms with E-state index >= 15 is 0 Å². The van der Waals surface area contributed by atoms with E-state index in [9.17, 15) is 18.8 Å². The smallest absolute Gasteiger partial charge is 0.310 e. The molecule has 7 nitrogen and oxygen atoms in total. The molecule has 8 heteroatoms. The number of primary amides is 1. The van der Waals surface area contributed by atoms with Gasteiger partial charge in [-0.1, -0.05) is 0 Å². The molecule has 0 saturated heterocycles. The number of aryl methyl sites for hydroxylation is 2. The SMILES string of the molecule is NC(=O)CCN(C(=O)COC(=O)Cc1coc2cc3c(cc12)CCC3)c1ccc(F)cc1. The van der Waals surface area contributed by atoms with E-state index in [2.05, 4.69) is 6.07 Å². The Balaban J connectivity index is 1.40. The molecule has 3 aromatic rings. The van der Waals surface area contributed by atoms with Crippen molar-refractivity contribution in [2.45, 2.75) is 32.1 Å². The molecule has 2 N–H and O–H groups in total. The second kappa shape index (κ2) is 9.21. The number of furan rings is 1. The number of amides is 2. The molecule has 1 aliphatic rings. The molecule has 0 spiro atoms. The van der Waals surface area contributed by atoms with Crippen LogP contribution in [0.15, 0.2) is 47.1 Å². The number of nitrogens with two attached hydrogens (primary N) is 1. The minimum atomic E-state index is -0.583. The van der Waals surface area contributed by atoms with Gasteiger partial charge < -0.3 is 19.8 Å². The fourth-order valence-corrected chi connectivity index (χ4v) is 3.95. The number of hydrogen-bond acceptors (Lipinski definition) is 5. The highest BCUT2D eigenvalue weighted by Gasteiger charge is 2.20. The Morgan fingerprint density at radius 1 is 1.09 bits per heavy atom. The predicted octanol–water partition coefficient (Wildman–Crippen LogP) is 3.05. The fraction of sp³-hybridized carbons (Fsp3) is 0.292. The number of ether oxygens (including phenoxy) is 1. The largest absolute Gasteiger partial charge is 0.464 e. The minimum absolute atomic E-state index is 0.00513. The number of rotatable bonds is 8. The van der Waals surface area contributed by atoms with Gasteiger partial charge in [0.1, 0.15) is 11.4 Å². The summed E-state index contributed by atoms with van der Waals surface area (Å²) in [6, 6.07) is 9.31. The first-order valence-corrected chi connectivity index (χ1v) is 10.4. The summed E-state index contributed by atoms with van der Waals surface area (Å²) in [6.45, 7) is -0.519. The average molecular weight is 438 g/mol. The molecular weight excluding hydrogens is 415 g/mol. The van der Waals surface area contributed by atoms with Crippen molar-refractivity contribution in [2.24, 2.45) is 5.73 Å². The van der Waals surface area contributed by atoms with E-state index in [4.69, 9.17) is 14.9 Å². The van der Waals surface area contributed by atoms with Gasteiger partial charge in [0.05, 0.1) is 12.7 Å². The van der Waals surface area contributed by atoms with Gasteiger partial charge in [-0.3, -0.25) is 14.4 Å². The van der Waals surface area contributed by atoms with Crippen LogP contribution < -0.4 is 10.6 Å². The maximum absolute atomic E-state index is 13.2. The highest BCUT2D eigenvalue weighted by atomic mass is 19.1. The number of esters is 1. The number of hydrogen-bond donors (Lipinski definition) is 1. The molecule has 1 aliphatic carbocycles. The van der Waals surface area contributed by atoms with E-state index in [1.165, 1.54) is 40.3 Å². The molecular formula is C24H23FN2O5. The van der Waals surface area contributed by atoms with Gasteiger partial charge in [-0.05, 0) is 66.8 Å². The monoisotopic (exact) mass is 438 g/mol. The van der Waals surface area contributed by atoms with E-state index in [-0.39, 0.29) is 19.4 Å². The zero-order chi connectivity index (χ0) is 22.7. The number of anilines is 1. The lowest BCUT2D eigenvalue weighted by molar-refractivity contribution is -0.147. The van der Waals surface area contributed by atoms with Crippen molar-refractivity contribution in [3.8, 4) is 0 Å². The lowest BCUT2D eigenvalue weighted by Gasteiger charge is -2.22. The lowest BCUT2D eigenvalue weighted by atomic mass is 10.0. The average Bonchev–Trinajstić information content (AvgIpc) is 3.38. The predicted molar refractivity (Wildman–Crippen MR) is 115 cm³/mol. The van der Waals surface area contributed by atoms with E-state index in [1.807, 2.05) is 6.07 Å². The van der Waals surface area contributed by atoms with Gasteiger partial charge in [0, 0.05) is 29.6 Å². The molecule has 0 fully saturated rings. The molecule has 166 valence electrons. The van der Waals surface area contributed by atoms with Gasteiger partial charge in [0.2, 0.25) is 5.91 Å². The lowest BCUT2D eigenvalue weighted by Crippen LogP contribution is -2.37. The van der Waals surface area contributed by atoms with Crippen LogP contribution in [0.1, 0.15) is 29.5 Å². The molecule has 2 amide bonds. The highest BCUT2D eigenvalue weighted by molar-refractivity contribution is 5.96. The highest BCUT2D eigenvalue weighted by Crippen LogP contribution is 2.30. The molecule has 1 aromatic heterocycles. The van der Waals surface area contributed by atoms with Crippen molar-refractivity contribution in [1.29, 1.82) is 0 Å². The molecule has 0 aliphatic heterocycles. The van der Waals surface area contributed by atoms with Crippen molar-refractivity contribution < 1.29 is 27.9 Å². The minimum Gasteiger partial charge on any atom is -0.464 e. The van der Waals surface area contributed by atoms with E-state index in [1.54, 1.807) is 6.26 Å². The van der Waals surface area contributed by atoms with Gasteiger partial charge in [0.15, 0.2) is 6.61 Å². The maximum Gasteiger partial charge on any atom is 0.310 e. The summed E-state index contributed by atoms with van der Waals surface area (Å²) in [5, 5.41) is 0.878. The molecule has 0 bridgehead atoms. The summed E-state index contributed by atoms with van der Waals surface area (Å²) < 4.78 is 24.0. The maximum atomic E-state index is 13.2. The molecule has 1 heterocycles. The molecule has 0 atom stereocenters. The summed E-state index contributed by atoms with van der Waals surface area (Å²) in [6.07, 6.45) is 4.59. The third-order valence-electron chi connectivity index (χ3n) is 5.58. The van der Waals surface area contributed by atoms with Crippen LogP contribution in [0.5, 0.6) is 0 Å². The number of fused-ring (bicyclic) bond motifs is 2. The fourth-order valence-electron chi connectivity index (χ4n) is 3.95. The first kappa shape index (κ1) is 21.5. The van der Waals surface area contributed by atoms with Crippen molar-refractivity contribution in [2.75, 3.05) is 18.1 Å². The Hall–Kier alpha value is -3.68. The summed E-state index contributed by atoms with van der Waals surface area (Å²) >= 11 is 0. The number of benzene rings is 2. The zero-order valence-corrected chi connectivity index (χ0v) is 17.4. The second-order valence-electron chi connectivity index (χ2n) is 7.81. The molecule has 0 radical (unpaired) electrons. The number of nitrogens with zero attached hydrogens (tertiary/aromatic N) is 1. The van der Waals surface area contributed by atoms with Gasteiger partial charge >= 0.3 is 5.97 Å². The van der Waals surface area contributed by atoms with E-state index < -0.39 is 30.2 Å². The summed E-state index contributed by atoms with van der Waals surface area (Å²) in [7, 11) is 0. The van der Waals surface area contributed by atoms with Gasteiger partial charge in [-0.2, -0.15) is 0 Å². The van der Waals surface area contributed by atoms with Crippen LogP contribution >= 0.6 is 0 Å². The Bertz CT molecular complexity index is 1170. The Kier molecular flexibility index (Phi) is 6.20. The van der Waals surface area contributed by atoms with Crippen LogP contribution in [0, 0.1) is 5.82 Å². The van der Waals surface area contributed by atoms with Crippen LogP contribution in [0.25, 0.3) is 11.0 Å². The van der Waals surface area contributed by atoms with E-state index in [0.29, 0.717) is 11.3 Å². The molecule has 4 rings (SSSR count). The van der Waals surface area contributed by atoms with Crippen LogP contribution in [-0.4, -0.2) is 30.9 Å². The number of halogens is 1. The van der Waals surface area contributed by atoms with Crippen LogP contribution in [0.2, 0.25) is 0 Å². The van der Waals surface area contributed by atoms with Crippen LogP contribution in [-0.2, 0) is 38.4 Å². The summed E-state index contributed by atoms with van der Waals surface area (Å²) in [4.78, 5) is 37.5. The quantitative estimate of drug-likeness (QED) is 0.545. The molecule has 0 saturated carbocycles. The summed E-state index contributed by atoms with van der Waals surface area (Å²) in [5.41, 5.74) is 9.56. The van der Waals surface area contributed by atoms with Crippen LogP contribution in [0.3, 0.4) is 0 Å². The third kappa shape index (κ3) is 4.80. The second-order valence-corrected chi connectivity index (χ2v) is 7.81. The van der Waals surface area contributed by atoms with Crippen molar-refractivity contribution in [3.05, 3.63) is 65.2 Å². The van der Waals surface area contributed by atoms with Gasteiger partial charge in [-0.25, -0.2) is 4.39 Å². The Labute approximate surface area is 183 Å². The first-order valence-electron chi connectivity index (χ1n) is 10.4. The first-order chi connectivity index (χ1) is 15.4. The number of carbonyl (C=O) groups excluding carboxylic acids is 3. The third-order valence-corrected chi connectivity index (χ3v) is 5.58. The van der Waals surface area contributed by atoms with Crippen molar-refractivity contribution in [3.63, 3.8) is 0 Å². The van der Waals surface area contributed by atoms with Gasteiger partial charge in [-0.15, -0.1) is 0 Å². The van der Waals surface area contributed by atoms with Crippen LogP contribution in [0.4, 0.5) is 10.1 Å². The zero-order valence-electron chi connectivity index (χ0n) is 17.4. The standard InChI is InChI=1S/C24H23FN2O5/c25-18-4-6-19(7-5-18)27(9-8-22(26)28)23(29)14-32-24(30)12-17-13-31-21-11-16-3-1-2-15(16)10-20(17)21/h4-7,10-11,13H,1-3,8-9,12,14H2,(H2,26,28). The van der Waals surface area contributed by atoms with Crippen molar-refractivity contribution >= 4 is 34.4 Å². The molecule has 32 heavy (non-hydrogen) atoms. The van der Waals surface area contributed by atoms with Gasteiger partial charge in [0.25, 0.3) is 5.91 Å². The summed E-state index contributed by atoms with van der Waals surface area (Å²) in [5.74, 6) is -2.16. The van der Waals surface area contributed by atoms with E-state index in [0.717, 1.165) is 30.2 Å². The molecule has 0 unspecified atom stereocenters. The normalized spacial score (nSPS) is 12.5. The topological polar surface area (TPSA) is 103 Å².